The van der Waals surface area contributed by atoms with Crippen LogP contribution in [0.15, 0.2) is 0 Å². The zero-order valence-corrected chi connectivity index (χ0v) is 12.3. The largest absolute Gasteiger partial charge is 0.378 e. The van der Waals surface area contributed by atoms with Crippen LogP contribution in [-0.2, 0) is 4.74 Å². The van der Waals surface area contributed by atoms with E-state index in [1.807, 2.05) is 0 Å². The standard InChI is InChI=1S/C16H31NO/c1-3-17-16(12-15-6-4-5-11-18-15)14-9-7-13(2)8-10-14/h13-17H,3-12H2,1-2H3. The maximum absolute atomic E-state index is 5.93. The zero-order chi connectivity index (χ0) is 12.8. The summed E-state index contributed by atoms with van der Waals surface area (Å²) in [6.45, 7) is 6.73. The lowest BCUT2D eigenvalue weighted by atomic mass is 9.77. The van der Waals surface area contributed by atoms with E-state index in [-0.39, 0.29) is 0 Å². The summed E-state index contributed by atoms with van der Waals surface area (Å²) in [5.41, 5.74) is 0. The molecule has 0 amide bonds. The maximum Gasteiger partial charge on any atom is 0.0590 e. The number of ether oxygens (including phenoxy) is 1. The third-order valence-electron chi connectivity index (χ3n) is 4.89. The molecule has 1 saturated carbocycles. The van der Waals surface area contributed by atoms with Crippen LogP contribution in [0, 0.1) is 11.8 Å². The molecular formula is C16H31NO. The van der Waals surface area contributed by atoms with Crippen LogP contribution in [0.5, 0.6) is 0 Å². The summed E-state index contributed by atoms with van der Waals surface area (Å²) in [5, 5.41) is 3.73. The molecule has 0 spiro atoms. The van der Waals surface area contributed by atoms with E-state index in [4.69, 9.17) is 4.74 Å². The Morgan fingerprint density at radius 3 is 2.50 bits per heavy atom. The number of nitrogens with one attached hydrogen (secondary N) is 1. The van der Waals surface area contributed by atoms with Crippen LogP contribution < -0.4 is 5.32 Å². The summed E-state index contributed by atoms with van der Waals surface area (Å²) >= 11 is 0. The average molecular weight is 253 g/mol. The summed E-state index contributed by atoms with van der Waals surface area (Å²) in [6.07, 6.45) is 11.4. The van der Waals surface area contributed by atoms with Gasteiger partial charge >= 0.3 is 0 Å². The summed E-state index contributed by atoms with van der Waals surface area (Å²) in [4.78, 5) is 0. The van der Waals surface area contributed by atoms with Gasteiger partial charge in [0, 0.05) is 12.6 Å². The molecule has 2 atom stereocenters. The van der Waals surface area contributed by atoms with Gasteiger partial charge in [0.2, 0.25) is 0 Å². The summed E-state index contributed by atoms with van der Waals surface area (Å²) in [6, 6.07) is 0.700. The summed E-state index contributed by atoms with van der Waals surface area (Å²) < 4.78 is 5.93. The van der Waals surface area contributed by atoms with E-state index in [9.17, 15) is 0 Å². The SMILES string of the molecule is CCNC(CC1CCCCO1)C1CCC(C)CC1. The van der Waals surface area contributed by atoms with Crippen molar-refractivity contribution in [3.63, 3.8) is 0 Å². The van der Waals surface area contributed by atoms with Crippen molar-refractivity contribution in [3.05, 3.63) is 0 Å². The molecule has 2 unspecified atom stereocenters. The molecule has 2 aliphatic rings. The highest BCUT2D eigenvalue weighted by atomic mass is 16.5. The van der Waals surface area contributed by atoms with Gasteiger partial charge in [-0.1, -0.05) is 26.7 Å². The molecule has 1 heterocycles. The molecule has 1 saturated heterocycles. The van der Waals surface area contributed by atoms with E-state index in [0.717, 1.165) is 25.0 Å². The average Bonchev–Trinajstić information content (AvgIpc) is 2.40. The van der Waals surface area contributed by atoms with Gasteiger partial charge in [-0.25, -0.2) is 0 Å². The van der Waals surface area contributed by atoms with Gasteiger partial charge in [0.05, 0.1) is 6.10 Å². The highest BCUT2D eigenvalue weighted by Crippen LogP contribution is 2.32. The minimum atomic E-state index is 0.530. The molecule has 2 nitrogen and oxygen atoms in total. The monoisotopic (exact) mass is 253 g/mol. The van der Waals surface area contributed by atoms with Crippen molar-refractivity contribution in [3.8, 4) is 0 Å². The Hall–Kier alpha value is -0.0800. The first-order valence-electron chi connectivity index (χ1n) is 8.14. The van der Waals surface area contributed by atoms with E-state index in [1.54, 1.807) is 0 Å². The Morgan fingerprint density at radius 1 is 1.11 bits per heavy atom. The summed E-state index contributed by atoms with van der Waals surface area (Å²) in [5.74, 6) is 1.85. The Kier molecular flexibility index (Phi) is 5.97. The minimum Gasteiger partial charge on any atom is -0.378 e. The van der Waals surface area contributed by atoms with Crippen LogP contribution in [-0.4, -0.2) is 25.3 Å². The fourth-order valence-corrected chi connectivity index (χ4v) is 3.67. The van der Waals surface area contributed by atoms with Crippen LogP contribution in [0.4, 0.5) is 0 Å². The van der Waals surface area contributed by atoms with Crippen molar-refractivity contribution < 1.29 is 4.74 Å². The fraction of sp³-hybridized carbons (Fsp3) is 1.00. The highest BCUT2D eigenvalue weighted by Gasteiger charge is 2.28. The van der Waals surface area contributed by atoms with E-state index in [2.05, 4.69) is 19.2 Å². The van der Waals surface area contributed by atoms with E-state index in [0.29, 0.717) is 12.1 Å². The molecule has 106 valence electrons. The second kappa shape index (κ2) is 7.49. The zero-order valence-electron chi connectivity index (χ0n) is 12.3. The summed E-state index contributed by atoms with van der Waals surface area (Å²) in [7, 11) is 0. The number of rotatable bonds is 5. The molecule has 0 aromatic rings. The maximum atomic E-state index is 5.93. The molecule has 1 aliphatic carbocycles. The van der Waals surface area contributed by atoms with Crippen molar-refractivity contribution in [1.82, 2.24) is 5.32 Å². The highest BCUT2D eigenvalue weighted by molar-refractivity contribution is 4.83. The Balaban J connectivity index is 1.82. The van der Waals surface area contributed by atoms with E-state index < -0.39 is 0 Å². The second-order valence-corrected chi connectivity index (χ2v) is 6.41. The lowest BCUT2D eigenvalue weighted by Crippen LogP contribution is -2.41. The molecule has 0 aromatic heterocycles. The topological polar surface area (TPSA) is 21.3 Å². The molecule has 0 radical (unpaired) electrons. The second-order valence-electron chi connectivity index (χ2n) is 6.41. The molecule has 1 N–H and O–H groups in total. The Morgan fingerprint density at radius 2 is 1.89 bits per heavy atom. The lowest BCUT2D eigenvalue weighted by molar-refractivity contribution is -0.000825. The van der Waals surface area contributed by atoms with Crippen LogP contribution in [0.25, 0.3) is 0 Å². The van der Waals surface area contributed by atoms with Gasteiger partial charge in [0.1, 0.15) is 0 Å². The van der Waals surface area contributed by atoms with Crippen LogP contribution >= 0.6 is 0 Å². The van der Waals surface area contributed by atoms with Gasteiger partial charge in [0.25, 0.3) is 0 Å². The van der Waals surface area contributed by atoms with Gasteiger partial charge in [-0.05, 0) is 56.9 Å². The predicted molar refractivity (Wildman–Crippen MR) is 76.8 cm³/mol. The first-order valence-corrected chi connectivity index (χ1v) is 8.14. The fourth-order valence-electron chi connectivity index (χ4n) is 3.67. The first-order chi connectivity index (χ1) is 8.79. The van der Waals surface area contributed by atoms with Gasteiger partial charge in [0.15, 0.2) is 0 Å². The van der Waals surface area contributed by atoms with Crippen molar-refractivity contribution in [2.45, 2.75) is 77.4 Å². The number of hydrogen-bond acceptors (Lipinski definition) is 2. The van der Waals surface area contributed by atoms with Gasteiger partial charge in [-0.15, -0.1) is 0 Å². The Labute approximate surface area is 113 Å². The van der Waals surface area contributed by atoms with E-state index in [1.165, 1.54) is 51.4 Å². The smallest absolute Gasteiger partial charge is 0.0590 e. The molecule has 2 rings (SSSR count). The molecule has 1 aliphatic heterocycles. The predicted octanol–water partition coefficient (Wildman–Crippen LogP) is 3.75. The first kappa shape index (κ1) is 14.3. The molecule has 2 fully saturated rings. The third-order valence-corrected chi connectivity index (χ3v) is 4.89. The van der Waals surface area contributed by atoms with Crippen LogP contribution in [0.1, 0.15) is 65.2 Å². The molecule has 0 aromatic carbocycles. The van der Waals surface area contributed by atoms with E-state index >= 15 is 0 Å². The minimum absolute atomic E-state index is 0.530. The van der Waals surface area contributed by atoms with Crippen LogP contribution in [0.3, 0.4) is 0 Å². The Bertz CT molecular complexity index is 217. The van der Waals surface area contributed by atoms with Crippen molar-refractivity contribution >= 4 is 0 Å². The normalized spacial score (nSPS) is 35.3. The lowest BCUT2D eigenvalue weighted by Gasteiger charge is -2.36. The number of hydrogen-bond donors (Lipinski definition) is 1. The molecule has 18 heavy (non-hydrogen) atoms. The van der Waals surface area contributed by atoms with Gasteiger partial charge < -0.3 is 10.1 Å². The van der Waals surface area contributed by atoms with Gasteiger partial charge in [-0.3, -0.25) is 0 Å². The van der Waals surface area contributed by atoms with Gasteiger partial charge in [-0.2, -0.15) is 0 Å². The molecule has 0 bridgehead atoms. The van der Waals surface area contributed by atoms with Crippen molar-refractivity contribution in [2.75, 3.05) is 13.2 Å². The molecular weight excluding hydrogens is 222 g/mol. The third kappa shape index (κ3) is 4.24. The van der Waals surface area contributed by atoms with Crippen molar-refractivity contribution in [2.24, 2.45) is 11.8 Å². The molecule has 2 heteroatoms. The van der Waals surface area contributed by atoms with Crippen LogP contribution in [0.2, 0.25) is 0 Å². The van der Waals surface area contributed by atoms with Crippen molar-refractivity contribution in [1.29, 1.82) is 0 Å². The quantitative estimate of drug-likeness (QED) is 0.805.